The number of hydrogen-bond acceptors (Lipinski definition) is 4. The smallest absolute Gasteiger partial charge is 0.241 e. The molecule has 0 spiro atoms. The molecule has 0 bridgehead atoms. The van der Waals surface area contributed by atoms with E-state index in [0.717, 1.165) is 5.56 Å². The van der Waals surface area contributed by atoms with Crippen molar-refractivity contribution in [2.24, 2.45) is 5.73 Å². The van der Waals surface area contributed by atoms with Crippen LogP contribution in [0, 0.1) is 0 Å². The van der Waals surface area contributed by atoms with Gasteiger partial charge in [0.1, 0.15) is 6.04 Å². The molecule has 0 radical (unpaired) electrons. The number of nitrogens with two attached hydrogens (primary N) is 1. The predicted molar refractivity (Wildman–Crippen MR) is 83.3 cm³/mol. The Kier molecular flexibility index (Phi) is 4.60. The molecule has 1 aliphatic heterocycles. The van der Waals surface area contributed by atoms with E-state index >= 15 is 0 Å². The fourth-order valence-corrected chi connectivity index (χ4v) is 3.57. The summed E-state index contributed by atoms with van der Waals surface area (Å²) in [5.41, 5.74) is 6.29. The number of amides is 1. The average Bonchev–Trinajstić information content (AvgIpc) is 2.70. The van der Waals surface area contributed by atoms with Gasteiger partial charge in [-0.1, -0.05) is 24.4 Å². The molecule has 0 aromatic heterocycles. The van der Waals surface area contributed by atoms with E-state index in [2.05, 4.69) is 4.72 Å². The average molecular weight is 327 g/mol. The van der Waals surface area contributed by atoms with E-state index in [4.69, 9.17) is 18.0 Å². The lowest BCUT2D eigenvalue weighted by Gasteiger charge is -2.13. The van der Waals surface area contributed by atoms with Crippen molar-refractivity contribution in [3.63, 3.8) is 0 Å². The number of carbonyl (C=O) groups excluding carboxylic acids is 1. The zero-order chi connectivity index (χ0) is 15.6. The van der Waals surface area contributed by atoms with Crippen molar-refractivity contribution in [3.05, 3.63) is 29.8 Å². The van der Waals surface area contributed by atoms with Crippen LogP contribution in [-0.2, 0) is 21.2 Å². The number of sulfonamides is 1. The lowest BCUT2D eigenvalue weighted by atomic mass is 10.1. The van der Waals surface area contributed by atoms with Crippen LogP contribution in [0.3, 0.4) is 0 Å². The summed E-state index contributed by atoms with van der Waals surface area (Å²) < 4.78 is 26.9. The summed E-state index contributed by atoms with van der Waals surface area (Å²) in [6.45, 7) is 0.554. The highest BCUT2D eigenvalue weighted by atomic mass is 32.2. The highest BCUT2D eigenvalue weighted by Gasteiger charge is 2.32. The van der Waals surface area contributed by atoms with Crippen molar-refractivity contribution in [1.29, 1.82) is 0 Å². The molecule has 8 heteroatoms. The van der Waals surface area contributed by atoms with Gasteiger partial charge in [0.2, 0.25) is 15.9 Å². The Labute approximate surface area is 129 Å². The maximum absolute atomic E-state index is 12.2. The van der Waals surface area contributed by atoms with Gasteiger partial charge in [0, 0.05) is 20.0 Å². The van der Waals surface area contributed by atoms with Crippen LogP contribution < -0.4 is 10.5 Å². The fraction of sp³-hybridized carbons (Fsp3) is 0.385. The van der Waals surface area contributed by atoms with Crippen molar-refractivity contribution in [3.8, 4) is 0 Å². The standard InChI is InChI=1S/C13H17N3O3S2/c1-16-7-6-11(13(16)17)15-21(18,19)10-4-2-9(3-5-10)8-12(14)20/h2-5,11,15H,6-8H2,1H3,(H2,14,20). The minimum absolute atomic E-state index is 0.122. The summed E-state index contributed by atoms with van der Waals surface area (Å²) in [6, 6.07) is 5.61. The Bertz CT molecular complexity index is 656. The minimum Gasteiger partial charge on any atom is -0.393 e. The molecule has 1 unspecified atom stereocenters. The third kappa shape index (κ3) is 3.78. The van der Waals surface area contributed by atoms with E-state index in [-0.39, 0.29) is 10.8 Å². The molecule has 0 saturated carbocycles. The molecular weight excluding hydrogens is 310 g/mol. The van der Waals surface area contributed by atoms with E-state index in [9.17, 15) is 13.2 Å². The first-order valence-electron chi connectivity index (χ1n) is 6.44. The zero-order valence-electron chi connectivity index (χ0n) is 11.6. The van der Waals surface area contributed by atoms with Crippen LogP contribution in [0.4, 0.5) is 0 Å². The number of likely N-dealkylation sites (tertiary alicyclic amines) is 1. The Hall–Kier alpha value is -1.51. The van der Waals surface area contributed by atoms with Crippen LogP contribution in [0.25, 0.3) is 0 Å². The van der Waals surface area contributed by atoms with Gasteiger partial charge in [-0.25, -0.2) is 8.42 Å². The molecule has 1 heterocycles. The molecule has 3 N–H and O–H groups in total. The molecule has 1 aromatic carbocycles. The highest BCUT2D eigenvalue weighted by molar-refractivity contribution is 7.89. The van der Waals surface area contributed by atoms with Crippen molar-refractivity contribution in [1.82, 2.24) is 9.62 Å². The molecular formula is C13H17N3O3S2. The van der Waals surface area contributed by atoms with Gasteiger partial charge in [-0.05, 0) is 24.1 Å². The number of thiocarbonyl (C=S) groups is 1. The molecule has 1 amide bonds. The largest absolute Gasteiger partial charge is 0.393 e. The Morgan fingerprint density at radius 2 is 2.05 bits per heavy atom. The second kappa shape index (κ2) is 6.08. The van der Waals surface area contributed by atoms with E-state index in [0.29, 0.717) is 24.4 Å². The molecule has 1 saturated heterocycles. The molecule has 1 aliphatic rings. The van der Waals surface area contributed by atoms with Gasteiger partial charge in [0.25, 0.3) is 0 Å². The molecule has 114 valence electrons. The third-order valence-electron chi connectivity index (χ3n) is 3.34. The summed E-state index contributed by atoms with van der Waals surface area (Å²) in [6.07, 6.45) is 0.906. The SMILES string of the molecule is CN1CCC(NS(=O)(=O)c2ccc(CC(N)=S)cc2)C1=O. The third-order valence-corrected chi connectivity index (χ3v) is 4.97. The molecule has 2 rings (SSSR count). The van der Waals surface area contributed by atoms with Gasteiger partial charge in [0.05, 0.1) is 9.88 Å². The van der Waals surface area contributed by atoms with Crippen LogP contribution in [0.1, 0.15) is 12.0 Å². The van der Waals surface area contributed by atoms with Crippen LogP contribution >= 0.6 is 12.2 Å². The molecule has 0 aliphatic carbocycles. The first-order valence-corrected chi connectivity index (χ1v) is 8.33. The topological polar surface area (TPSA) is 92.5 Å². The molecule has 1 fully saturated rings. The number of nitrogens with zero attached hydrogens (tertiary/aromatic N) is 1. The van der Waals surface area contributed by atoms with Crippen molar-refractivity contribution < 1.29 is 13.2 Å². The van der Waals surface area contributed by atoms with E-state index in [1.165, 1.54) is 17.0 Å². The lowest BCUT2D eigenvalue weighted by Crippen LogP contribution is -2.40. The molecule has 21 heavy (non-hydrogen) atoms. The fourth-order valence-electron chi connectivity index (χ4n) is 2.17. The summed E-state index contributed by atoms with van der Waals surface area (Å²) in [5.74, 6) is -0.205. The number of carbonyl (C=O) groups is 1. The van der Waals surface area contributed by atoms with Crippen molar-refractivity contribution in [2.45, 2.75) is 23.8 Å². The second-order valence-electron chi connectivity index (χ2n) is 5.01. The maximum atomic E-state index is 12.2. The van der Waals surface area contributed by atoms with Gasteiger partial charge in [-0.3, -0.25) is 4.79 Å². The van der Waals surface area contributed by atoms with Crippen molar-refractivity contribution in [2.75, 3.05) is 13.6 Å². The van der Waals surface area contributed by atoms with Crippen LogP contribution in [0.2, 0.25) is 0 Å². The number of benzene rings is 1. The maximum Gasteiger partial charge on any atom is 0.241 e. The lowest BCUT2D eigenvalue weighted by molar-refractivity contribution is -0.127. The summed E-state index contributed by atoms with van der Waals surface area (Å²) in [7, 11) is -2.05. The summed E-state index contributed by atoms with van der Waals surface area (Å²) in [4.78, 5) is 13.7. The highest BCUT2D eigenvalue weighted by Crippen LogP contribution is 2.15. The first-order chi connectivity index (χ1) is 9.79. The first kappa shape index (κ1) is 15.9. The van der Waals surface area contributed by atoms with Gasteiger partial charge in [-0.2, -0.15) is 4.72 Å². The summed E-state index contributed by atoms with van der Waals surface area (Å²) >= 11 is 4.81. The van der Waals surface area contributed by atoms with Crippen molar-refractivity contribution >= 4 is 33.1 Å². The monoisotopic (exact) mass is 327 g/mol. The predicted octanol–water partition coefficient (Wildman–Crippen LogP) is 0.0242. The Morgan fingerprint density at radius 1 is 1.43 bits per heavy atom. The van der Waals surface area contributed by atoms with E-state index in [1.807, 2.05) is 0 Å². The summed E-state index contributed by atoms with van der Waals surface area (Å²) in [5, 5.41) is 0. The Balaban J connectivity index is 2.12. The molecule has 6 nitrogen and oxygen atoms in total. The normalized spacial score (nSPS) is 19.0. The van der Waals surface area contributed by atoms with Gasteiger partial charge in [0.15, 0.2) is 0 Å². The molecule has 1 aromatic rings. The number of hydrogen-bond donors (Lipinski definition) is 2. The minimum atomic E-state index is -3.71. The van der Waals surface area contributed by atoms with E-state index in [1.54, 1.807) is 19.2 Å². The van der Waals surface area contributed by atoms with Crippen LogP contribution in [0.15, 0.2) is 29.2 Å². The van der Waals surface area contributed by atoms with Crippen LogP contribution in [-0.4, -0.2) is 43.8 Å². The molecule has 1 atom stereocenters. The number of rotatable bonds is 5. The van der Waals surface area contributed by atoms with Gasteiger partial charge >= 0.3 is 0 Å². The van der Waals surface area contributed by atoms with Gasteiger partial charge < -0.3 is 10.6 Å². The number of nitrogens with one attached hydrogen (secondary N) is 1. The quantitative estimate of drug-likeness (QED) is 0.744. The second-order valence-corrected chi connectivity index (χ2v) is 7.25. The van der Waals surface area contributed by atoms with Gasteiger partial charge in [-0.15, -0.1) is 0 Å². The van der Waals surface area contributed by atoms with E-state index < -0.39 is 16.1 Å². The van der Waals surface area contributed by atoms with Crippen LogP contribution in [0.5, 0.6) is 0 Å². The Morgan fingerprint density at radius 3 is 2.52 bits per heavy atom. The number of likely N-dealkylation sites (N-methyl/N-ethyl adjacent to an activating group) is 1. The zero-order valence-corrected chi connectivity index (χ0v) is 13.2.